The van der Waals surface area contributed by atoms with Crippen molar-refractivity contribution in [2.75, 3.05) is 19.7 Å². The monoisotopic (exact) mass is 273 g/mol. The summed E-state index contributed by atoms with van der Waals surface area (Å²) in [7, 11) is 0. The Balaban J connectivity index is 2.13. The van der Waals surface area contributed by atoms with E-state index in [-0.39, 0.29) is 10.8 Å². The zero-order valence-corrected chi connectivity index (χ0v) is 11.8. The Hall–Kier alpha value is -0.800. The highest BCUT2D eigenvalue weighted by Gasteiger charge is 2.06. The molecular formula is C14H21ClFNO. The second-order valence-electron chi connectivity index (χ2n) is 4.69. The third kappa shape index (κ3) is 5.69. The van der Waals surface area contributed by atoms with E-state index in [1.807, 2.05) is 0 Å². The average molecular weight is 274 g/mol. The van der Waals surface area contributed by atoms with Gasteiger partial charge in [-0.05, 0) is 37.4 Å². The van der Waals surface area contributed by atoms with Crippen LogP contribution < -0.4 is 10.1 Å². The third-order valence-corrected chi connectivity index (χ3v) is 2.88. The molecule has 0 radical (unpaired) electrons. The predicted molar refractivity (Wildman–Crippen MR) is 73.8 cm³/mol. The van der Waals surface area contributed by atoms with Gasteiger partial charge in [-0.1, -0.05) is 31.5 Å². The molecule has 2 nitrogen and oxygen atoms in total. The van der Waals surface area contributed by atoms with E-state index in [1.165, 1.54) is 12.5 Å². The van der Waals surface area contributed by atoms with Crippen LogP contribution in [-0.4, -0.2) is 19.7 Å². The molecule has 0 heterocycles. The van der Waals surface area contributed by atoms with Gasteiger partial charge in [0, 0.05) is 6.54 Å². The van der Waals surface area contributed by atoms with Crippen LogP contribution in [0.25, 0.3) is 0 Å². The second kappa shape index (κ2) is 8.33. The average Bonchev–Trinajstić information content (AvgIpc) is 2.32. The first-order chi connectivity index (χ1) is 8.61. The number of benzene rings is 1. The molecule has 0 atom stereocenters. The van der Waals surface area contributed by atoms with Gasteiger partial charge < -0.3 is 10.1 Å². The van der Waals surface area contributed by atoms with Gasteiger partial charge in [0.05, 0.1) is 5.02 Å². The lowest BCUT2D eigenvalue weighted by Crippen LogP contribution is -2.22. The molecule has 1 aromatic carbocycles. The van der Waals surface area contributed by atoms with Gasteiger partial charge in [0.1, 0.15) is 6.61 Å². The first-order valence-corrected chi connectivity index (χ1v) is 6.76. The summed E-state index contributed by atoms with van der Waals surface area (Å²) < 4.78 is 18.8. The van der Waals surface area contributed by atoms with E-state index in [9.17, 15) is 4.39 Å². The number of halogens is 2. The van der Waals surface area contributed by atoms with Gasteiger partial charge in [0.25, 0.3) is 0 Å². The minimum Gasteiger partial charge on any atom is -0.489 e. The van der Waals surface area contributed by atoms with Gasteiger partial charge in [-0.25, -0.2) is 4.39 Å². The first-order valence-electron chi connectivity index (χ1n) is 6.38. The van der Waals surface area contributed by atoms with Gasteiger partial charge in [-0.3, -0.25) is 0 Å². The summed E-state index contributed by atoms with van der Waals surface area (Å²) in [5.74, 6) is 0.467. The van der Waals surface area contributed by atoms with E-state index >= 15 is 0 Å². The van der Waals surface area contributed by atoms with Crippen molar-refractivity contribution in [3.63, 3.8) is 0 Å². The van der Waals surface area contributed by atoms with Crippen molar-refractivity contribution in [3.8, 4) is 5.75 Å². The fraction of sp³-hybridized carbons (Fsp3) is 0.571. The van der Waals surface area contributed by atoms with Crippen molar-refractivity contribution in [2.24, 2.45) is 5.92 Å². The van der Waals surface area contributed by atoms with Gasteiger partial charge >= 0.3 is 0 Å². The van der Waals surface area contributed by atoms with Gasteiger partial charge in [-0.2, -0.15) is 0 Å². The molecule has 0 aliphatic carbocycles. The summed E-state index contributed by atoms with van der Waals surface area (Å²) in [5, 5.41) is 3.36. The lowest BCUT2D eigenvalue weighted by molar-refractivity contribution is 0.298. The van der Waals surface area contributed by atoms with Crippen LogP contribution in [0.2, 0.25) is 5.02 Å². The van der Waals surface area contributed by atoms with Crippen LogP contribution in [0.1, 0.15) is 26.7 Å². The Labute approximate surface area is 113 Å². The van der Waals surface area contributed by atoms with Crippen LogP contribution >= 0.6 is 11.6 Å². The first kappa shape index (κ1) is 15.3. The third-order valence-electron chi connectivity index (χ3n) is 2.59. The minimum absolute atomic E-state index is 0.0948. The van der Waals surface area contributed by atoms with Crippen molar-refractivity contribution in [1.29, 1.82) is 0 Å². The van der Waals surface area contributed by atoms with E-state index in [1.54, 1.807) is 12.1 Å². The zero-order chi connectivity index (χ0) is 13.4. The molecule has 0 saturated carbocycles. The van der Waals surface area contributed by atoms with Crippen molar-refractivity contribution < 1.29 is 9.13 Å². The summed E-state index contributed by atoms with van der Waals surface area (Å²) in [6, 6.07) is 4.77. The van der Waals surface area contributed by atoms with Gasteiger partial charge in [0.15, 0.2) is 11.6 Å². The minimum atomic E-state index is -0.487. The summed E-state index contributed by atoms with van der Waals surface area (Å²) in [6.45, 7) is 6.55. The molecule has 102 valence electrons. The Bertz CT molecular complexity index is 358. The van der Waals surface area contributed by atoms with Gasteiger partial charge in [-0.15, -0.1) is 0 Å². The topological polar surface area (TPSA) is 21.3 Å². The summed E-state index contributed by atoms with van der Waals surface area (Å²) in [5.41, 5.74) is 0. The largest absolute Gasteiger partial charge is 0.489 e. The van der Waals surface area contributed by atoms with E-state index in [4.69, 9.17) is 16.3 Å². The Morgan fingerprint density at radius 2 is 2.11 bits per heavy atom. The smallest absolute Gasteiger partial charge is 0.183 e. The summed E-state index contributed by atoms with van der Waals surface area (Å²) in [4.78, 5) is 0. The molecule has 0 saturated heterocycles. The summed E-state index contributed by atoms with van der Waals surface area (Å²) >= 11 is 5.65. The lowest BCUT2D eigenvalue weighted by Gasteiger charge is -2.09. The van der Waals surface area contributed by atoms with Crippen molar-refractivity contribution in [1.82, 2.24) is 5.32 Å². The molecule has 1 N–H and O–H groups in total. The number of ether oxygens (including phenoxy) is 1. The highest BCUT2D eigenvalue weighted by molar-refractivity contribution is 6.30. The van der Waals surface area contributed by atoms with Crippen molar-refractivity contribution >= 4 is 11.6 Å². The molecule has 0 fully saturated rings. The zero-order valence-electron chi connectivity index (χ0n) is 11.0. The SMILES string of the molecule is CC(C)CCCNCCOc1cccc(Cl)c1F. The normalized spacial score (nSPS) is 10.9. The van der Waals surface area contributed by atoms with Crippen LogP contribution in [-0.2, 0) is 0 Å². The molecule has 1 aromatic rings. The molecule has 0 unspecified atom stereocenters. The van der Waals surface area contributed by atoms with E-state index < -0.39 is 5.82 Å². The maximum absolute atomic E-state index is 13.4. The number of hydrogen-bond donors (Lipinski definition) is 1. The number of nitrogens with one attached hydrogen (secondary N) is 1. The molecule has 0 amide bonds. The van der Waals surface area contributed by atoms with Crippen LogP contribution in [0, 0.1) is 11.7 Å². The highest BCUT2D eigenvalue weighted by Crippen LogP contribution is 2.23. The van der Waals surface area contributed by atoms with Crippen LogP contribution in [0.15, 0.2) is 18.2 Å². The standard InChI is InChI=1S/C14H21ClFNO/c1-11(2)5-4-8-17-9-10-18-13-7-3-6-12(15)14(13)16/h3,6-7,11,17H,4-5,8-10H2,1-2H3. The van der Waals surface area contributed by atoms with Crippen LogP contribution in [0.5, 0.6) is 5.75 Å². The Kier molecular flexibility index (Phi) is 7.06. The van der Waals surface area contributed by atoms with Crippen molar-refractivity contribution in [3.05, 3.63) is 29.0 Å². The highest BCUT2D eigenvalue weighted by atomic mass is 35.5. The second-order valence-corrected chi connectivity index (χ2v) is 5.09. The molecule has 0 aliphatic heterocycles. The predicted octanol–water partition coefficient (Wildman–Crippen LogP) is 3.88. The quantitative estimate of drug-likeness (QED) is 0.726. The fourth-order valence-electron chi connectivity index (χ4n) is 1.59. The Morgan fingerprint density at radius 1 is 1.33 bits per heavy atom. The van der Waals surface area contributed by atoms with Crippen LogP contribution in [0.3, 0.4) is 0 Å². The molecule has 0 aromatic heterocycles. The molecule has 4 heteroatoms. The molecule has 0 bridgehead atoms. The number of hydrogen-bond acceptors (Lipinski definition) is 2. The van der Waals surface area contributed by atoms with E-state index in [2.05, 4.69) is 19.2 Å². The number of rotatable bonds is 8. The molecule has 18 heavy (non-hydrogen) atoms. The fourth-order valence-corrected chi connectivity index (χ4v) is 1.75. The molecule has 0 spiro atoms. The van der Waals surface area contributed by atoms with Crippen LogP contribution in [0.4, 0.5) is 4.39 Å². The Morgan fingerprint density at radius 3 is 2.83 bits per heavy atom. The maximum Gasteiger partial charge on any atom is 0.183 e. The van der Waals surface area contributed by atoms with E-state index in [0.29, 0.717) is 13.2 Å². The lowest BCUT2D eigenvalue weighted by atomic mass is 10.1. The molecule has 0 aliphatic rings. The van der Waals surface area contributed by atoms with Gasteiger partial charge in [0.2, 0.25) is 0 Å². The molecule has 1 rings (SSSR count). The molecular weight excluding hydrogens is 253 g/mol. The van der Waals surface area contributed by atoms with E-state index in [0.717, 1.165) is 18.9 Å². The summed E-state index contributed by atoms with van der Waals surface area (Å²) in [6.07, 6.45) is 2.37. The van der Waals surface area contributed by atoms with Crippen molar-refractivity contribution in [2.45, 2.75) is 26.7 Å². The maximum atomic E-state index is 13.4.